The lowest BCUT2D eigenvalue weighted by atomic mass is 10.1. The number of aliphatic hydroxyl groups is 1. The number of hydrogen-bond acceptors (Lipinski definition) is 3. The lowest BCUT2D eigenvalue weighted by Crippen LogP contribution is -2.37. The van der Waals surface area contributed by atoms with Gasteiger partial charge in [-0.25, -0.2) is 4.98 Å². The molecule has 1 heterocycles. The van der Waals surface area contributed by atoms with Gasteiger partial charge in [-0.05, 0) is 19.3 Å². The highest BCUT2D eigenvalue weighted by Crippen LogP contribution is 2.09. The second kappa shape index (κ2) is 8.25. The van der Waals surface area contributed by atoms with Crippen LogP contribution in [0.2, 0.25) is 0 Å². The average Bonchev–Trinajstić information content (AvgIpc) is 2.83. The molecule has 0 aliphatic rings. The summed E-state index contributed by atoms with van der Waals surface area (Å²) in [6, 6.07) is 0.602. The van der Waals surface area contributed by atoms with E-state index in [0.29, 0.717) is 6.04 Å². The molecule has 0 aliphatic carbocycles. The smallest absolute Gasteiger partial charge is 0.0945 e. The van der Waals surface area contributed by atoms with Gasteiger partial charge in [0.15, 0.2) is 0 Å². The van der Waals surface area contributed by atoms with E-state index in [9.17, 15) is 0 Å². The van der Waals surface area contributed by atoms with Gasteiger partial charge in [0, 0.05) is 38.1 Å². The minimum absolute atomic E-state index is 0.252. The number of aryl methyl sites for hydroxylation is 1. The topological polar surface area (TPSA) is 41.3 Å². The highest BCUT2D eigenvalue weighted by Gasteiger charge is 2.13. The molecule has 0 fully saturated rings. The van der Waals surface area contributed by atoms with Gasteiger partial charge >= 0.3 is 0 Å². The van der Waals surface area contributed by atoms with Crippen LogP contribution in [0.25, 0.3) is 0 Å². The molecule has 0 saturated heterocycles. The van der Waals surface area contributed by atoms with Crippen molar-refractivity contribution in [1.29, 1.82) is 0 Å². The summed E-state index contributed by atoms with van der Waals surface area (Å²) in [4.78, 5) is 6.43. The average molecular weight is 239 g/mol. The van der Waals surface area contributed by atoms with Crippen molar-refractivity contribution in [3.63, 3.8) is 0 Å². The fourth-order valence-corrected chi connectivity index (χ4v) is 2.29. The van der Waals surface area contributed by atoms with Crippen LogP contribution in [0.3, 0.4) is 0 Å². The normalized spacial score (nSPS) is 11.6. The molecule has 98 valence electrons. The Bertz CT molecular complexity index is 270. The van der Waals surface area contributed by atoms with E-state index in [-0.39, 0.29) is 6.61 Å². The first-order valence-corrected chi connectivity index (χ1v) is 6.62. The number of aromatic nitrogens is 2. The van der Waals surface area contributed by atoms with Crippen LogP contribution in [0.4, 0.5) is 0 Å². The third-order valence-electron chi connectivity index (χ3n) is 3.27. The molecule has 0 spiro atoms. The van der Waals surface area contributed by atoms with Crippen LogP contribution in [-0.4, -0.2) is 45.3 Å². The van der Waals surface area contributed by atoms with Crippen LogP contribution in [0.1, 0.15) is 33.1 Å². The Morgan fingerprint density at radius 1 is 1.29 bits per heavy atom. The molecule has 4 heteroatoms. The van der Waals surface area contributed by atoms with E-state index in [2.05, 4.69) is 28.3 Å². The van der Waals surface area contributed by atoms with Gasteiger partial charge in [-0.3, -0.25) is 4.90 Å². The first-order valence-electron chi connectivity index (χ1n) is 6.62. The number of nitrogens with zero attached hydrogens (tertiary/aromatic N) is 3. The van der Waals surface area contributed by atoms with E-state index in [1.165, 1.54) is 0 Å². The van der Waals surface area contributed by atoms with Gasteiger partial charge in [-0.15, -0.1) is 0 Å². The van der Waals surface area contributed by atoms with Gasteiger partial charge in [-0.2, -0.15) is 0 Å². The van der Waals surface area contributed by atoms with E-state index in [1.54, 1.807) is 0 Å². The maximum Gasteiger partial charge on any atom is 0.0945 e. The number of hydrogen-bond donors (Lipinski definition) is 1. The number of rotatable bonds is 9. The fourth-order valence-electron chi connectivity index (χ4n) is 2.29. The molecule has 0 aromatic carbocycles. The summed E-state index contributed by atoms with van der Waals surface area (Å²) in [6.45, 7) is 7.52. The van der Waals surface area contributed by atoms with Crippen molar-refractivity contribution in [1.82, 2.24) is 14.5 Å². The van der Waals surface area contributed by atoms with Crippen molar-refractivity contribution in [2.75, 3.05) is 19.7 Å². The predicted octanol–water partition coefficient (Wildman–Crippen LogP) is 1.76. The summed E-state index contributed by atoms with van der Waals surface area (Å²) < 4.78 is 2.10. The van der Waals surface area contributed by atoms with E-state index in [4.69, 9.17) is 5.11 Å². The molecule has 1 aromatic rings. The van der Waals surface area contributed by atoms with Crippen LogP contribution in [-0.2, 0) is 6.54 Å². The molecule has 17 heavy (non-hydrogen) atoms. The van der Waals surface area contributed by atoms with E-state index in [0.717, 1.165) is 38.9 Å². The van der Waals surface area contributed by atoms with Gasteiger partial charge < -0.3 is 9.67 Å². The van der Waals surface area contributed by atoms with Crippen molar-refractivity contribution in [2.45, 2.75) is 45.7 Å². The van der Waals surface area contributed by atoms with Gasteiger partial charge in [0.1, 0.15) is 0 Å². The second-order valence-corrected chi connectivity index (χ2v) is 4.38. The Kier molecular flexibility index (Phi) is 6.89. The summed E-state index contributed by atoms with van der Waals surface area (Å²) >= 11 is 0. The zero-order chi connectivity index (χ0) is 12.5. The zero-order valence-electron chi connectivity index (χ0n) is 11.0. The Morgan fingerprint density at radius 3 is 2.59 bits per heavy atom. The minimum Gasteiger partial charge on any atom is -0.395 e. The van der Waals surface area contributed by atoms with Crippen molar-refractivity contribution in [2.24, 2.45) is 0 Å². The van der Waals surface area contributed by atoms with Gasteiger partial charge in [-0.1, -0.05) is 13.8 Å². The van der Waals surface area contributed by atoms with Crippen LogP contribution in [0, 0.1) is 0 Å². The SMILES string of the molecule is CCC(CC)N(CCO)CCCn1ccnc1. The minimum atomic E-state index is 0.252. The summed E-state index contributed by atoms with van der Waals surface area (Å²) in [5, 5.41) is 9.10. The summed E-state index contributed by atoms with van der Waals surface area (Å²) in [7, 11) is 0. The zero-order valence-corrected chi connectivity index (χ0v) is 11.0. The lowest BCUT2D eigenvalue weighted by molar-refractivity contribution is 0.140. The quantitative estimate of drug-likeness (QED) is 0.714. The van der Waals surface area contributed by atoms with E-state index in [1.807, 2.05) is 18.7 Å². The lowest BCUT2D eigenvalue weighted by Gasteiger charge is -2.29. The predicted molar refractivity (Wildman–Crippen MR) is 69.9 cm³/mol. The standard InChI is InChI=1S/C13H25N3O/c1-3-13(4-2)16(10-11-17)8-5-7-15-9-6-14-12-15/h6,9,12-13,17H,3-5,7-8,10-11H2,1-2H3. The molecule has 0 saturated carbocycles. The molecular formula is C13H25N3O. The van der Waals surface area contributed by atoms with Gasteiger partial charge in [0.2, 0.25) is 0 Å². The highest BCUT2D eigenvalue weighted by atomic mass is 16.3. The van der Waals surface area contributed by atoms with Crippen LogP contribution in [0.5, 0.6) is 0 Å². The summed E-state index contributed by atoms with van der Waals surface area (Å²) in [5.74, 6) is 0. The molecule has 0 amide bonds. The van der Waals surface area contributed by atoms with Gasteiger partial charge in [0.25, 0.3) is 0 Å². The third-order valence-corrected chi connectivity index (χ3v) is 3.27. The molecule has 0 aliphatic heterocycles. The van der Waals surface area contributed by atoms with Crippen molar-refractivity contribution >= 4 is 0 Å². The van der Waals surface area contributed by atoms with Crippen LogP contribution >= 0.6 is 0 Å². The monoisotopic (exact) mass is 239 g/mol. The molecule has 0 bridgehead atoms. The number of imidazole rings is 1. The van der Waals surface area contributed by atoms with E-state index >= 15 is 0 Å². The first-order chi connectivity index (χ1) is 8.31. The Labute approximate surface area is 104 Å². The van der Waals surface area contributed by atoms with Crippen LogP contribution < -0.4 is 0 Å². The Balaban J connectivity index is 2.33. The first kappa shape index (κ1) is 14.2. The molecule has 1 aromatic heterocycles. The molecule has 4 nitrogen and oxygen atoms in total. The second-order valence-electron chi connectivity index (χ2n) is 4.38. The third kappa shape index (κ3) is 4.88. The summed E-state index contributed by atoms with van der Waals surface area (Å²) in [6.07, 6.45) is 9.07. The van der Waals surface area contributed by atoms with Crippen molar-refractivity contribution in [3.05, 3.63) is 18.7 Å². The molecule has 1 rings (SSSR count). The van der Waals surface area contributed by atoms with Gasteiger partial charge in [0.05, 0.1) is 12.9 Å². The Morgan fingerprint density at radius 2 is 2.06 bits per heavy atom. The summed E-state index contributed by atoms with van der Waals surface area (Å²) in [5.41, 5.74) is 0. The largest absolute Gasteiger partial charge is 0.395 e. The molecule has 0 unspecified atom stereocenters. The molecule has 0 radical (unpaired) electrons. The molecule has 0 atom stereocenters. The van der Waals surface area contributed by atoms with E-state index < -0.39 is 0 Å². The molecular weight excluding hydrogens is 214 g/mol. The maximum absolute atomic E-state index is 9.10. The number of aliphatic hydroxyl groups excluding tert-OH is 1. The highest BCUT2D eigenvalue weighted by molar-refractivity contribution is 4.75. The molecule has 1 N–H and O–H groups in total. The Hall–Kier alpha value is -0.870. The van der Waals surface area contributed by atoms with Crippen molar-refractivity contribution in [3.8, 4) is 0 Å². The fraction of sp³-hybridized carbons (Fsp3) is 0.769. The van der Waals surface area contributed by atoms with Crippen LogP contribution in [0.15, 0.2) is 18.7 Å². The maximum atomic E-state index is 9.10. The van der Waals surface area contributed by atoms with Crippen molar-refractivity contribution < 1.29 is 5.11 Å².